The Hall–Kier alpha value is -0.620. The maximum Gasteiger partial charge on any atom is 0.308 e. The molecule has 1 N–H and O–H groups in total. The van der Waals surface area contributed by atoms with Crippen molar-refractivity contribution < 1.29 is 18.3 Å². The Morgan fingerprint density at radius 3 is 2.63 bits per heavy atom. The highest BCUT2D eigenvalue weighted by molar-refractivity contribution is 7.89. The van der Waals surface area contributed by atoms with Gasteiger partial charge in [-0.2, -0.15) is 4.31 Å². The van der Waals surface area contributed by atoms with Crippen LogP contribution in [0.25, 0.3) is 0 Å². The largest absolute Gasteiger partial charge is 0.481 e. The Morgan fingerprint density at radius 2 is 2.11 bits per heavy atom. The number of aliphatic carboxylic acids is 1. The predicted molar refractivity (Wildman–Crippen MR) is 72.3 cm³/mol. The summed E-state index contributed by atoms with van der Waals surface area (Å²) in [6.45, 7) is 4.00. The third kappa shape index (κ3) is 2.79. The van der Waals surface area contributed by atoms with Crippen LogP contribution in [-0.2, 0) is 14.8 Å². The van der Waals surface area contributed by atoms with Crippen LogP contribution >= 0.6 is 0 Å². The maximum atomic E-state index is 12.5. The van der Waals surface area contributed by atoms with Gasteiger partial charge in [0.15, 0.2) is 0 Å². The van der Waals surface area contributed by atoms with E-state index >= 15 is 0 Å². The number of carboxylic acids is 1. The monoisotopic (exact) mass is 289 g/mol. The standard InChI is InChI=1S/C13H23NO4S/c1-3-4-9(2)8-19(17,18)14-10-5-6-12(14)11(7-10)13(15)16/h9-12H,3-8H2,1-2H3,(H,15,16). The van der Waals surface area contributed by atoms with Crippen molar-refractivity contribution in [1.82, 2.24) is 4.31 Å². The average Bonchev–Trinajstić information content (AvgIpc) is 2.85. The van der Waals surface area contributed by atoms with Crippen LogP contribution < -0.4 is 0 Å². The summed E-state index contributed by atoms with van der Waals surface area (Å²) >= 11 is 0. The molecule has 2 fully saturated rings. The van der Waals surface area contributed by atoms with Gasteiger partial charge in [-0.1, -0.05) is 20.3 Å². The van der Waals surface area contributed by atoms with E-state index in [1.54, 1.807) is 0 Å². The zero-order chi connectivity index (χ0) is 14.2. The van der Waals surface area contributed by atoms with Crippen LogP contribution in [0.5, 0.6) is 0 Å². The van der Waals surface area contributed by atoms with Crippen LogP contribution in [-0.4, -0.2) is 41.6 Å². The molecule has 0 aromatic rings. The lowest BCUT2D eigenvalue weighted by Gasteiger charge is -2.24. The van der Waals surface area contributed by atoms with Crippen molar-refractivity contribution in [3.05, 3.63) is 0 Å². The van der Waals surface area contributed by atoms with E-state index in [1.807, 2.05) is 13.8 Å². The lowest BCUT2D eigenvalue weighted by Crippen LogP contribution is -2.40. The molecule has 110 valence electrons. The first kappa shape index (κ1) is 14.8. The third-order valence-corrected chi connectivity index (χ3v) is 6.59. The minimum absolute atomic E-state index is 0.0788. The molecule has 0 radical (unpaired) electrons. The van der Waals surface area contributed by atoms with Crippen molar-refractivity contribution in [2.45, 2.75) is 58.0 Å². The molecule has 0 aromatic heterocycles. The van der Waals surface area contributed by atoms with Crippen molar-refractivity contribution in [3.63, 3.8) is 0 Å². The Morgan fingerprint density at radius 1 is 1.42 bits per heavy atom. The Kier molecular flexibility index (Phi) is 4.20. The molecular weight excluding hydrogens is 266 g/mol. The van der Waals surface area contributed by atoms with Crippen LogP contribution in [0.4, 0.5) is 0 Å². The number of hydrogen-bond acceptors (Lipinski definition) is 3. The minimum Gasteiger partial charge on any atom is -0.481 e. The zero-order valence-electron chi connectivity index (χ0n) is 11.6. The summed E-state index contributed by atoms with van der Waals surface area (Å²) in [6.07, 6.45) is 3.87. The van der Waals surface area contributed by atoms with Crippen molar-refractivity contribution in [2.75, 3.05) is 5.75 Å². The second-order valence-electron chi connectivity index (χ2n) is 5.98. The molecule has 2 aliphatic rings. The molecule has 5 nitrogen and oxygen atoms in total. The number of carbonyl (C=O) groups is 1. The molecule has 19 heavy (non-hydrogen) atoms. The first-order chi connectivity index (χ1) is 8.86. The number of nitrogens with zero attached hydrogens (tertiary/aromatic N) is 1. The van der Waals surface area contributed by atoms with Crippen LogP contribution in [0.1, 0.15) is 46.0 Å². The first-order valence-electron chi connectivity index (χ1n) is 7.10. The van der Waals surface area contributed by atoms with Gasteiger partial charge in [0.05, 0.1) is 11.7 Å². The lowest BCUT2D eigenvalue weighted by atomic mass is 9.89. The third-order valence-electron chi connectivity index (χ3n) is 4.39. The van der Waals surface area contributed by atoms with Gasteiger partial charge < -0.3 is 5.11 Å². The Labute approximate surface area is 115 Å². The smallest absolute Gasteiger partial charge is 0.308 e. The fourth-order valence-corrected chi connectivity index (χ4v) is 6.03. The number of sulfonamides is 1. The summed E-state index contributed by atoms with van der Waals surface area (Å²) in [4.78, 5) is 11.2. The van der Waals surface area contributed by atoms with Crippen LogP contribution in [0, 0.1) is 11.8 Å². The molecule has 0 saturated carbocycles. The van der Waals surface area contributed by atoms with E-state index in [1.165, 1.54) is 4.31 Å². The van der Waals surface area contributed by atoms with E-state index in [9.17, 15) is 13.2 Å². The summed E-state index contributed by atoms with van der Waals surface area (Å²) in [7, 11) is -3.31. The van der Waals surface area contributed by atoms with E-state index in [0.717, 1.165) is 19.3 Å². The molecule has 2 saturated heterocycles. The average molecular weight is 289 g/mol. The second-order valence-corrected chi connectivity index (χ2v) is 7.90. The minimum atomic E-state index is -3.31. The van der Waals surface area contributed by atoms with Crippen LogP contribution in [0.2, 0.25) is 0 Å². The van der Waals surface area contributed by atoms with Gasteiger partial charge in [-0.15, -0.1) is 0 Å². The summed E-state index contributed by atoms with van der Waals surface area (Å²) in [6, 6.07) is -0.383. The quantitative estimate of drug-likeness (QED) is 0.807. The van der Waals surface area contributed by atoms with Gasteiger partial charge >= 0.3 is 5.97 Å². The highest BCUT2D eigenvalue weighted by Gasteiger charge is 2.53. The van der Waals surface area contributed by atoms with Crippen LogP contribution in [0.15, 0.2) is 0 Å². The summed E-state index contributed by atoms with van der Waals surface area (Å²) in [5.41, 5.74) is 0. The zero-order valence-corrected chi connectivity index (χ0v) is 12.4. The van der Waals surface area contributed by atoms with E-state index in [2.05, 4.69) is 0 Å². The van der Waals surface area contributed by atoms with Gasteiger partial charge in [-0.3, -0.25) is 4.79 Å². The number of fused-ring (bicyclic) bond motifs is 2. The molecule has 0 aromatic carbocycles. The number of rotatable bonds is 6. The summed E-state index contributed by atoms with van der Waals surface area (Å²) in [5.74, 6) is -1.07. The van der Waals surface area contributed by atoms with Crippen LogP contribution in [0.3, 0.4) is 0 Å². The van der Waals surface area contributed by atoms with Crippen molar-refractivity contribution in [3.8, 4) is 0 Å². The lowest BCUT2D eigenvalue weighted by molar-refractivity contribution is -0.142. The molecule has 2 rings (SSSR count). The molecule has 2 aliphatic heterocycles. The maximum absolute atomic E-state index is 12.5. The predicted octanol–water partition coefficient (Wildman–Crippen LogP) is 1.69. The van der Waals surface area contributed by atoms with E-state index in [-0.39, 0.29) is 23.8 Å². The van der Waals surface area contributed by atoms with E-state index in [0.29, 0.717) is 12.8 Å². The molecule has 0 spiro atoms. The Balaban J connectivity index is 2.12. The molecule has 4 atom stereocenters. The molecule has 0 amide bonds. The normalized spacial score (nSPS) is 32.6. The molecule has 6 heteroatoms. The topological polar surface area (TPSA) is 74.7 Å². The van der Waals surface area contributed by atoms with Gasteiger partial charge in [0.25, 0.3) is 0 Å². The Bertz CT molecular complexity index is 448. The van der Waals surface area contributed by atoms with E-state index in [4.69, 9.17) is 5.11 Å². The molecular formula is C13H23NO4S. The fraction of sp³-hybridized carbons (Fsp3) is 0.923. The highest BCUT2D eigenvalue weighted by atomic mass is 32.2. The van der Waals surface area contributed by atoms with Gasteiger partial charge in [0, 0.05) is 12.1 Å². The van der Waals surface area contributed by atoms with Gasteiger partial charge in [-0.25, -0.2) is 8.42 Å². The summed E-state index contributed by atoms with van der Waals surface area (Å²) in [5, 5.41) is 9.16. The molecule has 4 unspecified atom stereocenters. The molecule has 0 aliphatic carbocycles. The van der Waals surface area contributed by atoms with Gasteiger partial charge in [0.2, 0.25) is 10.0 Å². The fourth-order valence-electron chi connectivity index (χ4n) is 3.66. The van der Waals surface area contributed by atoms with Crippen molar-refractivity contribution in [2.24, 2.45) is 11.8 Å². The molecule has 2 bridgehead atoms. The highest BCUT2D eigenvalue weighted by Crippen LogP contribution is 2.44. The number of hydrogen-bond donors (Lipinski definition) is 1. The summed E-state index contributed by atoms with van der Waals surface area (Å²) < 4.78 is 26.5. The van der Waals surface area contributed by atoms with Gasteiger partial charge in [-0.05, 0) is 31.6 Å². The number of carboxylic acid groups (broad SMARTS) is 1. The van der Waals surface area contributed by atoms with Crippen molar-refractivity contribution in [1.29, 1.82) is 0 Å². The molecule has 2 heterocycles. The SMILES string of the molecule is CCCC(C)CS(=O)(=O)N1C2CCC1C(C(=O)O)C2. The van der Waals surface area contributed by atoms with E-state index < -0.39 is 21.9 Å². The van der Waals surface area contributed by atoms with Crippen molar-refractivity contribution >= 4 is 16.0 Å². The van der Waals surface area contributed by atoms with Gasteiger partial charge in [0.1, 0.15) is 0 Å². The second kappa shape index (κ2) is 5.40. The first-order valence-corrected chi connectivity index (χ1v) is 8.71.